The monoisotopic (exact) mass is 354 g/mol. The molecule has 0 aromatic rings. The number of hydrogen-bond acceptors (Lipinski definition) is 6. The van der Waals surface area contributed by atoms with Gasteiger partial charge < -0.3 is 14.4 Å². The third-order valence-corrected chi connectivity index (χ3v) is 4.65. The van der Waals surface area contributed by atoms with E-state index in [4.69, 9.17) is 9.47 Å². The summed E-state index contributed by atoms with van der Waals surface area (Å²) < 4.78 is 10.6. The van der Waals surface area contributed by atoms with E-state index < -0.39 is 17.6 Å². The standard InChI is InChI=1S/C18H30N2O5/c1-6-14(21)15(16(22)24-7-2)20-12-8-9-13(20)11-19(10-12)17(23)25-18(3,4)5/h12-13,15H,6-11H2,1-5H3. The van der Waals surface area contributed by atoms with Crippen molar-refractivity contribution in [2.75, 3.05) is 19.7 Å². The smallest absolute Gasteiger partial charge is 0.410 e. The number of carbonyl (C=O) groups excluding carboxylic acids is 3. The van der Waals surface area contributed by atoms with Gasteiger partial charge >= 0.3 is 12.1 Å². The first-order valence-electron chi connectivity index (χ1n) is 9.12. The van der Waals surface area contributed by atoms with Crippen LogP contribution >= 0.6 is 0 Å². The number of fused-ring (bicyclic) bond motifs is 2. The van der Waals surface area contributed by atoms with Gasteiger partial charge in [0.25, 0.3) is 0 Å². The number of amides is 1. The summed E-state index contributed by atoms with van der Waals surface area (Å²) in [5, 5.41) is 0. The Labute approximate surface area is 149 Å². The minimum absolute atomic E-state index is 0.0174. The molecule has 0 aromatic heterocycles. The van der Waals surface area contributed by atoms with Gasteiger partial charge in [-0.2, -0.15) is 0 Å². The average molecular weight is 354 g/mol. The van der Waals surface area contributed by atoms with E-state index in [-0.39, 0.29) is 37.0 Å². The van der Waals surface area contributed by atoms with Crippen LogP contribution in [0.25, 0.3) is 0 Å². The van der Waals surface area contributed by atoms with Gasteiger partial charge in [0.1, 0.15) is 5.60 Å². The predicted octanol–water partition coefficient (Wildman–Crippen LogP) is 1.98. The Morgan fingerprint density at radius 2 is 1.64 bits per heavy atom. The van der Waals surface area contributed by atoms with E-state index in [1.165, 1.54) is 0 Å². The fraction of sp³-hybridized carbons (Fsp3) is 0.833. The van der Waals surface area contributed by atoms with Crippen LogP contribution in [-0.2, 0) is 19.1 Å². The van der Waals surface area contributed by atoms with Crippen molar-refractivity contribution in [3.8, 4) is 0 Å². The Morgan fingerprint density at radius 1 is 1.08 bits per heavy atom. The van der Waals surface area contributed by atoms with Crippen LogP contribution in [0, 0.1) is 0 Å². The molecule has 2 bridgehead atoms. The number of hydrogen-bond donors (Lipinski definition) is 0. The molecule has 3 unspecified atom stereocenters. The third-order valence-electron chi connectivity index (χ3n) is 4.65. The molecule has 2 fully saturated rings. The minimum Gasteiger partial charge on any atom is -0.464 e. The summed E-state index contributed by atoms with van der Waals surface area (Å²) in [6, 6.07) is -0.893. The lowest BCUT2D eigenvalue weighted by molar-refractivity contribution is -0.156. The topological polar surface area (TPSA) is 76.2 Å². The van der Waals surface area contributed by atoms with E-state index in [0.717, 1.165) is 12.8 Å². The highest BCUT2D eigenvalue weighted by molar-refractivity contribution is 6.03. The van der Waals surface area contributed by atoms with Crippen LogP contribution in [0.15, 0.2) is 0 Å². The van der Waals surface area contributed by atoms with Gasteiger partial charge in [0, 0.05) is 31.6 Å². The molecule has 142 valence electrons. The van der Waals surface area contributed by atoms with Crippen molar-refractivity contribution < 1.29 is 23.9 Å². The van der Waals surface area contributed by atoms with Gasteiger partial charge in [0.15, 0.2) is 11.8 Å². The van der Waals surface area contributed by atoms with Crippen molar-refractivity contribution in [1.29, 1.82) is 0 Å². The summed E-state index contributed by atoms with van der Waals surface area (Å²) >= 11 is 0. The van der Waals surface area contributed by atoms with Crippen molar-refractivity contribution in [3.05, 3.63) is 0 Å². The van der Waals surface area contributed by atoms with Crippen LogP contribution in [0.2, 0.25) is 0 Å². The van der Waals surface area contributed by atoms with Gasteiger partial charge in [-0.1, -0.05) is 6.92 Å². The van der Waals surface area contributed by atoms with Crippen LogP contribution < -0.4 is 0 Å². The van der Waals surface area contributed by atoms with E-state index in [1.54, 1.807) is 18.7 Å². The van der Waals surface area contributed by atoms with Crippen LogP contribution in [0.1, 0.15) is 53.9 Å². The molecule has 2 saturated heterocycles. The Kier molecular flexibility index (Phi) is 6.08. The summed E-state index contributed by atoms with van der Waals surface area (Å²) in [4.78, 5) is 40.8. The first-order chi connectivity index (χ1) is 11.7. The van der Waals surface area contributed by atoms with Crippen molar-refractivity contribution in [1.82, 2.24) is 9.80 Å². The van der Waals surface area contributed by atoms with Crippen LogP contribution in [0.5, 0.6) is 0 Å². The molecule has 0 N–H and O–H groups in total. The molecule has 25 heavy (non-hydrogen) atoms. The fourth-order valence-corrected chi connectivity index (χ4v) is 3.67. The molecule has 2 aliphatic rings. The Hall–Kier alpha value is -1.63. The number of ether oxygens (including phenoxy) is 2. The summed E-state index contributed by atoms with van der Waals surface area (Å²) in [7, 11) is 0. The number of esters is 1. The second-order valence-corrected chi connectivity index (χ2v) is 7.69. The molecule has 7 heteroatoms. The van der Waals surface area contributed by atoms with Gasteiger partial charge in [0.05, 0.1) is 6.61 Å². The zero-order valence-electron chi connectivity index (χ0n) is 15.9. The Morgan fingerprint density at radius 3 is 2.08 bits per heavy atom. The normalized spacial score (nSPS) is 24.8. The molecule has 1 amide bonds. The highest BCUT2D eigenvalue weighted by Crippen LogP contribution is 2.33. The number of likely N-dealkylation sites (tertiary alicyclic amines) is 1. The highest BCUT2D eigenvalue weighted by atomic mass is 16.6. The minimum atomic E-state index is -0.858. The maximum absolute atomic E-state index is 12.4. The summed E-state index contributed by atoms with van der Waals surface area (Å²) in [6.45, 7) is 10.2. The van der Waals surface area contributed by atoms with Gasteiger partial charge in [0.2, 0.25) is 0 Å². The zero-order chi connectivity index (χ0) is 18.8. The average Bonchev–Trinajstić information content (AvgIpc) is 2.76. The number of rotatable bonds is 5. The van der Waals surface area contributed by atoms with E-state index in [0.29, 0.717) is 13.1 Å². The molecule has 7 nitrogen and oxygen atoms in total. The predicted molar refractivity (Wildman–Crippen MR) is 92.2 cm³/mol. The molecule has 2 aliphatic heterocycles. The summed E-state index contributed by atoms with van der Waals surface area (Å²) in [5.41, 5.74) is -0.543. The lowest BCUT2D eigenvalue weighted by Gasteiger charge is -2.43. The second kappa shape index (κ2) is 7.72. The van der Waals surface area contributed by atoms with Crippen molar-refractivity contribution in [2.24, 2.45) is 0 Å². The molecule has 0 spiro atoms. The van der Waals surface area contributed by atoms with Gasteiger partial charge in [-0.15, -0.1) is 0 Å². The van der Waals surface area contributed by atoms with E-state index >= 15 is 0 Å². The molecular weight excluding hydrogens is 324 g/mol. The molecule has 2 rings (SSSR count). The number of nitrogens with zero attached hydrogens (tertiary/aromatic N) is 2. The molecule has 0 aliphatic carbocycles. The first-order valence-corrected chi connectivity index (χ1v) is 9.12. The molecule has 3 atom stereocenters. The Bertz CT molecular complexity index is 514. The van der Waals surface area contributed by atoms with Crippen molar-refractivity contribution >= 4 is 17.8 Å². The summed E-state index contributed by atoms with van der Waals surface area (Å²) in [5.74, 6) is -0.599. The molecular formula is C18H30N2O5. The van der Waals surface area contributed by atoms with E-state index in [1.807, 2.05) is 25.7 Å². The third kappa shape index (κ3) is 4.51. The largest absolute Gasteiger partial charge is 0.464 e. The van der Waals surface area contributed by atoms with Crippen LogP contribution in [0.3, 0.4) is 0 Å². The molecule has 2 heterocycles. The SMILES string of the molecule is CCOC(=O)C(C(=O)CC)N1C2CCC1CN(C(=O)OC(C)(C)C)C2. The van der Waals surface area contributed by atoms with Gasteiger partial charge in [-0.25, -0.2) is 9.59 Å². The van der Waals surface area contributed by atoms with Gasteiger partial charge in [-0.3, -0.25) is 9.69 Å². The van der Waals surface area contributed by atoms with Crippen molar-refractivity contribution in [2.45, 2.75) is 77.6 Å². The number of carbonyl (C=O) groups is 3. The number of piperazine rings is 1. The zero-order valence-corrected chi connectivity index (χ0v) is 15.9. The van der Waals surface area contributed by atoms with Gasteiger partial charge in [-0.05, 0) is 40.5 Å². The quantitative estimate of drug-likeness (QED) is 0.555. The van der Waals surface area contributed by atoms with E-state index in [9.17, 15) is 14.4 Å². The van der Waals surface area contributed by atoms with E-state index in [2.05, 4.69) is 0 Å². The first kappa shape index (κ1) is 19.7. The maximum Gasteiger partial charge on any atom is 0.410 e. The number of ketones is 1. The van der Waals surface area contributed by atoms with Crippen molar-refractivity contribution in [3.63, 3.8) is 0 Å². The molecule has 0 saturated carbocycles. The van der Waals surface area contributed by atoms with Crippen LogP contribution in [0.4, 0.5) is 4.79 Å². The lowest BCUT2D eigenvalue weighted by Crippen LogP contribution is -2.62. The Balaban J connectivity index is 2.14. The van der Waals surface area contributed by atoms with Crippen LogP contribution in [-0.4, -0.2) is 71.1 Å². The second-order valence-electron chi connectivity index (χ2n) is 7.69. The highest BCUT2D eigenvalue weighted by Gasteiger charge is 2.49. The molecule has 0 radical (unpaired) electrons. The number of Topliss-reactive ketones (excluding diaryl/α,β-unsaturated/α-hetero) is 1. The lowest BCUT2D eigenvalue weighted by atomic mass is 10.0. The summed E-state index contributed by atoms with van der Waals surface area (Å²) in [6.07, 6.45) is 1.67. The maximum atomic E-state index is 12.4. The fourth-order valence-electron chi connectivity index (χ4n) is 3.67. The molecule has 0 aromatic carbocycles.